The molecule has 3 nitrogen and oxygen atoms in total. The highest BCUT2D eigenvalue weighted by molar-refractivity contribution is 9.10. The summed E-state index contributed by atoms with van der Waals surface area (Å²) in [5.74, 6) is 0.539. The lowest BCUT2D eigenvalue weighted by Gasteiger charge is -2.32. The predicted molar refractivity (Wildman–Crippen MR) is 72.0 cm³/mol. The first-order chi connectivity index (χ1) is 8.29. The third-order valence-corrected chi connectivity index (χ3v) is 3.67. The monoisotopic (exact) mass is 298 g/mol. The van der Waals surface area contributed by atoms with Gasteiger partial charge in [0.25, 0.3) is 0 Å². The minimum atomic E-state index is 0.539. The lowest BCUT2D eigenvalue weighted by Crippen LogP contribution is -2.43. The molecule has 0 bridgehead atoms. The maximum Gasteiger partial charge on any atom is 0.0512 e. The largest absolute Gasteiger partial charge is 0.381 e. The fourth-order valence-corrected chi connectivity index (χ4v) is 2.56. The average Bonchev–Trinajstić information content (AvgIpc) is 2.35. The van der Waals surface area contributed by atoms with Gasteiger partial charge >= 0.3 is 0 Å². The molecule has 0 saturated carbocycles. The van der Waals surface area contributed by atoms with E-state index in [0.29, 0.717) is 12.0 Å². The molecule has 1 aliphatic rings. The topological polar surface area (TPSA) is 34.1 Å². The molecule has 0 spiro atoms. The number of pyridine rings is 1. The number of aromatic nitrogens is 1. The smallest absolute Gasteiger partial charge is 0.0512 e. The van der Waals surface area contributed by atoms with Crippen LogP contribution < -0.4 is 5.32 Å². The van der Waals surface area contributed by atoms with Crippen LogP contribution in [0.1, 0.15) is 19.0 Å². The highest BCUT2D eigenvalue weighted by Gasteiger charge is 2.25. The molecule has 0 radical (unpaired) electrons. The maximum absolute atomic E-state index is 5.58. The molecular weight excluding hydrogens is 280 g/mol. The van der Waals surface area contributed by atoms with Gasteiger partial charge in [-0.3, -0.25) is 4.98 Å². The van der Waals surface area contributed by atoms with Crippen LogP contribution >= 0.6 is 15.9 Å². The van der Waals surface area contributed by atoms with E-state index in [0.717, 1.165) is 42.8 Å². The zero-order chi connectivity index (χ0) is 12.1. The van der Waals surface area contributed by atoms with Gasteiger partial charge in [0, 0.05) is 34.9 Å². The van der Waals surface area contributed by atoms with E-state index in [4.69, 9.17) is 4.74 Å². The lowest BCUT2D eigenvalue weighted by atomic mass is 9.91. The molecule has 1 aliphatic heterocycles. The summed E-state index contributed by atoms with van der Waals surface area (Å²) in [6.45, 7) is 4.90. The van der Waals surface area contributed by atoms with Crippen LogP contribution in [0.4, 0.5) is 0 Å². The molecule has 2 atom stereocenters. The van der Waals surface area contributed by atoms with Crippen LogP contribution in [0, 0.1) is 5.92 Å². The molecule has 94 valence electrons. The van der Waals surface area contributed by atoms with E-state index in [9.17, 15) is 0 Å². The van der Waals surface area contributed by atoms with Crippen LogP contribution in [-0.4, -0.2) is 30.8 Å². The minimum Gasteiger partial charge on any atom is -0.381 e. The second-order valence-electron chi connectivity index (χ2n) is 4.46. The quantitative estimate of drug-likeness (QED) is 0.927. The van der Waals surface area contributed by atoms with Gasteiger partial charge in [-0.2, -0.15) is 0 Å². The number of nitrogens with zero attached hydrogens (tertiary/aromatic N) is 1. The molecule has 2 unspecified atom stereocenters. The van der Waals surface area contributed by atoms with Crippen molar-refractivity contribution in [2.45, 2.75) is 25.8 Å². The van der Waals surface area contributed by atoms with Gasteiger partial charge in [0.05, 0.1) is 6.61 Å². The summed E-state index contributed by atoms with van der Waals surface area (Å²) in [6.07, 6.45) is 3.96. The highest BCUT2D eigenvalue weighted by Crippen LogP contribution is 2.19. The van der Waals surface area contributed by atoms with Gasteiger partial charge in [0.1, 0.15) is 0 Å². The van der Waals surface area contributed by atoms with Gasteiger partial charge in [0.15, 0.2) is 0 Å². The number of rotatable bonds is 4. The third kappa shape index (κ3) is 3.76. The van der Waals surface area contributed by atoms with E-state index in [-0.39, 0.29) is 0 Å². The first kappa shape index (κ1) is 13.0. The normalized spacial score (nSPS) is 24.8. The zero-order valence-electron chi connectivity index (χ0n) is 10.2. The van der Waals surface area contributed by atoms with Crippen LogP contribution in [0.3, 0.4) is 0 Å². The van der Waals surface area contributed by atoms with Crippen molar-refractivity contribution in [3.8, 4) is 0 Å². The van der Waals surface area contributed by atoms with E-state index < -0.39 is 0 Å². The Morgan fingerprint density at radius 2 is 2.41 bits per heavy atom. The van der Waals surface area contributed by atoms with Crippen LogP contribution in [0.15, 0.2) is 22.8 Å². The molecule has 1 saturated heterocycles. The van der Waals surface area contributed by atoms with Gasteiger partial charge in [-0.15, -0.1) is 0 Å². The van der Waals surface area contributed by atoms with Crippen LogP contribution in [-0.2, 0) is 11.2 Å². The standard InChI is InChI=1S/C13H19BrN2O/c1-2-15-13-5-6-17-9-10(13)7-12-4-3-11(14)8-16-12/h3-4,8,10,13,15H,2,5-7,9H2,1H3. The number of hydrogen-bond donors (Lipinski definition) is 1. The molecule has 0 aromatic carbocycles. The molecule has 2 heterocycles. The SMILES string of the molecule is CCNC1CCOCC1Cc1ccc(Br)cn1. The van der Waals surface area contributed by atoms with Crippen molar-refractivity contribution in [2.75, 3.05) is 19.8 Å². The first-order valence-corrected chi connectivity index (χ1v) is 7.00. The molecule has 4 heteroatoms. The number of hydrogen-bond acceptors (Lipinski definition) is 3. The lowest BCUT2D eigenvalue weighted by molar-refractivity contribution is 0.0323. The maximum atomic E-state index is 5.58. The Morgan fingerprint density at radius 1 is 1.53 bits per heavy atom. The molecule has 17 heavy (non-hydrogen) atoms. The van der Waals surface area contributed by atoms with E-state index in [1.54, 1.807) is 0 Å². The molecule has 1 aromatic rings. The van der Waals surface area contributed by atoms with Crippen molar-refractivity contribution >= 4 is 15.9 Å². The van der Waals surface area contributed by atoms with Crippen molar-refractivity contribution in [1.82, 2.24) is 10.3 Å². The van der Waals surface area contributed by atoms with Crippen LogP contribution in [0.2, 0.25) is 0 Å². The molecular formula is C13H19BrN2O. The molecule has 1 N–H and O–H groups in total. The van der Waals surface area contributed by atoms with E-state index in [1.165, 1.54) is 0 Å². The Bertz CT molecular complexity index is 340. The Hall–Kier alpha value is -0.450. The fourth-order valence-electron chi connectivity index (χ4n) is 2.32. The van der Waals surface area contributed by atoms with Gasteiger partial charge in [-0.1, -0.05) is 6.92 Å². The summed E-state index contributed by atoms with van der Waals surface area (Å²) in [7, 11) is 0. The third-order valence-electron chi connectivity index (χ3n) is 3.20. The number of ether oxygens (including phenoxy) is 1. The van der Waals surface area contributed by atoms with Gasteiger partial charge in [0.2, 0.25) is 0 Å². The Morgan fingerprint density at radius 3 is 3.12 bits per heavy atom. The summed E-state index contributed by atoms with van der Waals surface area (Å²) in [5, 5.41) is 3.55. The number of nitrogens with one attached hydrogen (secondary N) is 1. The minimum absolute atomic E-state index is 0.539. The van der Waals surface area contributed by atoms with Crippen LogP contribution in [0.25, 0.3) is 0 Å². The van der Waals surface area contributed by atoms with Crippen molar-refractivity contribution in [2.24, 2.45) is 5.92 Å². The summed E-state index contributed by atoms with van der Waals surface area (Å²) < 4.78 is 6.61. The first-order valence-electron chi connectivity index (χ1n) is 6.21. The predicted octanol–water partition coefficient (Wildman–Crippen LogP) is 2.40. The molecule has 2 rings (SSSR count). The van der Waals surface area contributed by atoms with Crippen molar-refractivity contribution < 1.29 is 4.74 Å². The van der Waals surface area contributed by atoms with Crippen molar-refractivity contribution in [3.63, 3.8) is 0 Å². The van der Waals surface area contributed by atoms with Gasteiger partial charge in [-0.05, 0) is 47.4 Å². The second-order valence-corrected chi connectivity index (χ2v) is 5.38. The Balaban J connectivity index is 1.97. The Labute approximate surface area is 111 Å². The van der Waals surface area contributed by atoms with E-state index >= 15 is 0 Å². The van der Waals surface area contributed by atoms with E-state index in [1.807, 2.05) is 12.3 Å². The highest BCUT2D eigenvalue weighted by atomic mass is 79.9. The summed E-state index contributed by atoms with van der Waals surface area (Å²) in [6, 6.07) is 4.70. The van der Waals surface area contributed by atoms with Crippen molar-refractivity contribution in [1.29, 1.82) is 0 Å². The zero-order valence-corrected chi connectivity index (χ0v) is 11.7. The summed E-state index contributed by atoms with van der Waals surface area (Å²) in [5.41, 5.74) is 1.15. The molecule has 0 amide bonds. The molecule has 0 aliphatic carbocycles. The fraction of sp³-hybridized carbons (Fsp3) is 0.615. The second kappa shape index (κ2) is 6.47. The summed E-state index contributed by atoms with van der Waals surface area (Å²) >= 11 is 3.41. The average molecular weight is 299 g/mol. The summed E-state index contributed by atoms with van der Waals surface area (Å²) in [4.78, 5) is 4.44. The van der Waals surface area contributed by atoms with E-state index in [2.05, 4.69) is 39.2 Å². The molecule has 1 fully saturated rings. The van der Waals surface area contributed by atoms with Crippen LogP contribution in [0.5, 0.6) is 0 Å². The Kier molecular flexibility index (Phi) is 4.95. The van der Waals surface area contributed by atoms with Gasteiger partial charge < -0.3 is 10.1 Å². The van der Waals surface area contributed by atoms with Gasteiger partial charge in [-0.25, -0.2) is 0 Å². The van der Waals surface area contributed by atoms with Crippen molar-refractivity contribution in [3.05, 3.63) is 28.5 Å². The number of halogens is 1. The molecule has 1 aromatic heterocycles.